The number of hydrogen-bond donors (Lipinski definition) is 0. The van der Waals surface area contributed by atoms with Gasteiger partial charge in [-0.25, -0.2) is 23.5 Å². The Labute approximate surface area is 165 Å². The Morgan fingerprint density at radius 3 is 2.32 bits per heavy atom. The Morgan fingerprint density at radius 1 is 0.964 bits per heavy atom. The van der Waals surface area contributed by atoms with Crippen LogP contribution in [0.25, 0.3) is 5.69 Å². The third kappa shape index (κ3) is 1.88. The molecule has 0 radical (unpaired) electrons. The van der Waals surface area contributed by atoms with E-state index in [1.165, 1.54) is 10.1 Å². The SMILES string of the molecule is CC(C)[C@]12C=C3[C@H](C)CC[C@@]3([C@H](C)CC1)n1c(=O)n(-c3ccccc3)c(=O)n12. The number of benzene rings is 1. The van der Waals surface area contributed by atoms with Crippen molar-refractivity contribution < 1.29 is 0 Å². The molecule has 2 aromatic rings. The maximum Gasteiger partial charge on any atom is 0.352 e. The highest BCUT2D eigenvalue weighted by Gasteiger charge is 2.59. The van der Waals surface area contributed by atoms with Crippen molar-refractivity contribution in [3.63, 3.8) is 0 Å². The minimum Gasteiger partial charge on any atom is -0.245 e. The zero-order valence-corrected chi connectivity index (χ0v) is 17.2. The Kier molecular flexibility index (Phi) is 3.57. The normalized spacial score (nSPS) is 33.5. The second kappa shape index (κ2) is 5.62. The first-order valence-corrected chi connectivity index (χ1v) is 10.6. The van der Waals surface area contributed by atoms with Gasteiger partial charge in [0.15, 0.2) is 0 Å². The van der Waals surface area contributed by atoms with Gasteiger partial charge in [0.05, 0.1) is 16.8 Å². The van der Waals surface area contributed by atoms with Crippen LogP contribution in [0.1, 0.15) is 53.4 Å². The topological polar surface area (TPSA) is 48.9 Å². The molecular formula is C23H29N3O2. The van der Waals surface area contributed by atoms with E-state index in [2.05, 4.69) is 33.8 Å². The molecule has 5 heteroatoms. The van der Waals surface area contributed by atoms with Gasteiger partial charge in [-0.1, -0.05) is 52.0 Å². The van der Waals surface area contributed by atoms with Crippen molar-refractivity contribution in [2.75, 3.05) is 0 Å². The van der Waals surface area contributed by atoms with E-state index < -0.39 is 5.54 Å². The zero-order chi connectivity index (χ0) is 19.8. The summed E-state index contributed by atoms with van der Waals surface area (Å²) in [6, 6.07) is 9.36. The third-order valence-electron chi connectivity index (χ3n) is 7.92. The predicted octanol–water partition coefficient (Wildman–Crippen LogP) is 3.65. The highest BCUT2D eigenvalue weighted by atomic mass is 16.2. The van der Waals surface area contributed by atoms with Crippen LogP contribution in [0.15, 0.2) is 51.6 Å². The van der Waals surface area contributed by atoms with Gasteiger partial charge in [0.2, 0.25) is 0 Å². The Morgan fingerprint density at radius 2 is 1.64 bits per heavy atom. The molecule has 1 spiro atoms. The molecule has 2 aliphatic carbocycles. The summed E-state index contributed by atoms with van der Waals surface area (Å²) >= 11 is 0. The number of rotatable bonds is 2. The van der Waals surface area contributed by atoms with E-state index in [1.54, 1.807) is 0 Å². The van der Waals surface area contributed by atoms with Crippen molar-refractivity contribution >= 4 is 0 Å². The van der Waals surface area contributed by atoms with Crippen LogP contribution in [0.2, 0.25) is 0 Å². The lowest BCUT2D eigenvalue weighted by atomic mass is 9.77. The fourth-order valence-electron chi connectivity index (χ4n) is 6.25. The van der Waals surface area contributed by atoms with Crippen LogP contribution in [0.4, 0.5) is 0 Å². The van der Waals surface area contributed by atoms with Gasteiger partial charge in [0, 0.05) is 0 Å². The van der Waals surface area contributed by atoms with Gasteiger partial charge in [-0.15, -0.1) is 0 Å². The summed E-state index contributed by atoms with van der Waals surface area (Å²) < 4.78 is 5.12. The lowest BCUT2D eigenvalue weighted by molar-refractivity contribution is 0.132. The van der Waals surface area contributed by atoms with E-state index in [1.807, 2.05) is 39.7 Å². The lowest BCUT2D eigenvalue weighted by Gasteiger charge is -2.45. The molecule has 0 unspecified atom stereocenters. The summed E-state index contributed by atoms with van der Waals surface area (Å²) in [4.78, 5) is 27.5. The number of fused-ring (bicyclic) bond motifs is 2. The smallest absolute Gasteiger partial charge is 0.245 e. The first kappa shape index (κ1) is 17.8. The number of nitrogens with zero attached hydrogens (tertiary/aromatic N) is 3. The minimum absolute atomic E-state index is 0.185. The van der Waals surface area contributed by atoms with E-state index in [4.69, 9.17) is 0 Å². The fraction of sp³-hybridized carbons (Fsp3) is 0.565. The summed E-state index contributed by atoms with van der Waals surface area (Å²) in [6.07, 6.45) is 6.34. The fourth-order valence-corrected chi connectivity index (χ4v) is 6.25. The van der Waals surface area contributed by atoms with Gasteiger partial charge < -0.3 is 0 Å². The maximum absolute atomic E-state index is 13.8. The zero-order valence-electron chi connectivity index (χ0n) is 17.2. The largest absolute Gasteiger partial charge is 0.352 e. The maximum atomic E-state index is 13.8. The predicted molar refractivity (Wildman–Crippen MR) is 110 cm³/mol. The van der Waals surface area contributed by atoms with E-state index in [9.17, 15) is 9.59 Å². The molecule has 1 aromatic carbocycles. The molecule has 2 aliphatic heterocycles. The highest BCUT2D eigenvalue weighted by molar-refractivity contribution is 5.37. The summed E-state index contributed by atoms with van der Waals surface area (Å²) in [5, 5.41) is 0. The van der Waals surface area contributed by atoms with Crippen LogP contribution < -0.4 is 11.4 Å². The molecular weight excluding hydrogens is 350 g/mol. The molecule has 1 fully saturated rings. The van der Waals surface area contributed by atoms with Crippen LogP contribution >= 0.6 is 0 Å². The molecule has 0 N–H and O–H groups in total. The Bertz CT molecular complexity index is 1090. The Hall–Kier alpha value is -2.30. The van der Waals surface area contributed by atoms with E-state index in [0.717, 1.165) is 25.7 Å². The molecule has 3 heterocycles. The van der Waals surface area contributed by atoms with E-state index in [0.29, 0.717) is 17.5 Å². The first-order valence-electron chi connectivity index (χ1n) is 10.6. The first-order chi connectivity index (χ1) is 13.3. The van der Waals surface area contributed by atoms with E-state index in [-0.39, 0.29) is 22.8 Å². The van der Waals surface area contributed by atoms with Crippen molar-refractivity contribution in [1.29, 1.82) is 0 Å². The molecule has 1 saturated carbocycles. The second-order valence-electron chi connectivity index (χ2n) is 9.41. The number of hydrogen-bond acceptors (Lipinski definition) is 2. The van der Waals surface area contributed by atoms with Crippen LogP contribution in [0.3, 0.4) is 0 Å². The van der Waals surface area contributed by atoms with Crippen molar-refractivity contribution in [3.05, 3.63) is 62.9 Å². The number of para-hydroxylation sites is 1. The molecule has 4 atom stereocenters. The van der Waals surface area contributed by atoms with Gasteiger partial charge in [-0.3, -0.25) is 0 Å². The molecule has 148 valence electrons. The molecule has 2 bridgehead atoms. The average Bonchev–Trinajstić information content (AvgIpc) is 3.06. The van der Waals surface area contributed by atoms with Crippen LogP contribution in [-0.2, 0) is 11.1 Å². The van der Waals surface area contributed by atoms with Crippen molar-refractivity contribution in [2.45, 2.75) is 64.5 Å². The minimum atomic E-state index is -0.432. The third-order valence-corrected chi connectivity index (χ3v) is 7.92. The standard InChI is InChI=1S/C23H29N3O2/c1-15(2)22-12-11-17(4)23(13-10-16(3)19(23)14-22)26-21(28)24(20(27)25(22)26)18-8-6-5-7-9-18/h5-9,14-17H,10-13H2,1-4H3/t16-,17-,22-,23+/m1/s1. The van der Waals surface area contributed by atoms with Gasteiger partial charge in [0.25, 0.3) is 0 Å². The summed E-state index contributed by atoms with van der Waals surface area (Å²) in [5.74, 6) is 1.02. The summed E-state index contributed by atoms with van der Waals surface area (Å²) in [5.41, 5.74) is 0.866. The molecule has 0 amide bonds. The van der Waals surface area contributed by atoms with Crippen LogP contribution in [0, 0.1) is 17.8 Å². The van der Waals surface area contributed by atoms with Crippen molar-refractivity contribution in [2.24, 2.45) is 17.8 Å². The molecule has 4 aliphatic rings. The van der Waals surface area contributed by atoms with E-state index >= 15 is 0 Å². The molecule has 0 saturated heterocycles. The second-order valence-corrected chi connectivity index (χ2v) is 9.41. The molecule has 6 rings (SSSR count). The van der Waals surface area contributed by atoms with Gasteiger partial charge in [-0.05, 0) is 61.1 Å². The van der Waals surface area contributed by atoms with Crippen molar-refractivity contribution in [3.8, 4) is 5.69 Å². The summed E-state index contributed by atoms with van der Waals surface area (Å²) in [6.45, 7) is 8.92. The monoisotopic (exact) mass is 379 g/mol. The van der Waals surface area contributed by atoms with Crippen molar-refractivity contribution in [1.82, 2.24) is 13.9 Å². The van der Waals surface area contributed by atoms with Gasteiger partial charge >= 0.3 is 11.4 Å². The van der Waals surface area contributed by atoms with Crippen LogP contribution in [-0.4, -0.2) is 13.9 Å². The van der Waals surface area contributed by atoms with Gasteiger partial charge in [-0.2, -0.15) is 0 Å². The number of allylic oxidation sites excluding steroid dienone is 2. The molecule has 5 nitrogen and oxygen atoms in total. The molecule has 1 aromatic heterocycles. The quantitative estimate of drug-likeness (QED) is 0.748. The lowest BCUT2D eigenvalue weighted by Crippen LogP contribution is -2.56. The highest BCUT2D eigenvalue weighted by Crippen LogP contribution is 2.58. The van der Waals surface area contributed by atoms with Gasteiger partial charge in [0.1, 0.15) is 0 Å². The summed E-state index contributed by atoms with van der Waals surface area (Å²) in [7, 11) is 0. The average molecular weight is 380 g/mol. The van der Waals surface area contributed by atoms with Crippen LogP contribution in [0.5, 0.6) is 0 Å². The molecule has 28 heavy (non-hydrogen) atoms. The Balaban J connectivity index is 1.94. The number of aromatic nitrogens is 3.